The highest BCUT2D eigenvalue weighted by molar-refractivity contribution is 9.10. The molecule has 2 aromatic carbocycles. The lowest BCUT2D eigenvalue weighted by molar-refractivity contribution is 0.303. The molecule has 0 aliphatic heterocycles. The van der Waals surface area contributed by atoms with Crippen LogP contribution in [0.2, 0.25) is 0 Å². The van der Waals surface area contributed by atoms with E-state index in [1.54, 1.807) is 6.07 Å². The quantitative estimate of drug-likeness (QED) is 0.868. The molecule has 4 heteroatoms. The predicted octanol–water partition coefficient (Wildman–Crippen LogP) is 4.06. The predicted molar refractivity (Wildman–Crippen MR) is 74.0 cm³/mol. The summed E-state index contributed by atoms with van der Waals surface area (Å²) >= 11 is 3.43. The van der Waals surface area contributed by atoms with Crippen molar-refractivity contribution < 1.29 is 9.13 Å². The largest absolute Gasteiger partial charge is 0.489 e. The van der Waals surface area contributed by atoms with Crippen LogP contribution in [0.4, 0.5) is 10.1 Å². The molecule has 0 unspecified atom stereocenters. The molecule has 0 atom stereocenters. The molecule has 0 aromatic heterocycles. The van der Waals surface area contributed by atoms with Crippen molar-refractivity contribution in [3.8, 4) is 5.75 Å². The van der Waals surface area contributed by atoms with E-state index in [-0.39, 0.29) is 5.82 Å². The highest BCUT2D eigenvalue weighted by Gasteiger charge is 2.06. The van der Waals surface area contributed by atoms with Gasteiger partial charge >= 0.3 is 0 Å². The molecule has 0 heterocycles. The fraction of sp³-hybridized carbons (Fsp3) is 0.143. The molecule has 0 amide bonds. The second kappa shape index (κ2) is 5.40. The van der Waals surface area contributed by atoms with E-state index < -0.39 is 0 Å². The topological polar surface area (TPSA) is 35.2 Å². The van der Waals surface area contributed by atoms with Crippen LogP contribution in [0.5, 0.6) is 5.75 Å². The Labute approximate surface area is 114 Å². The van der Waals surface area contributed by atoms with Crippen LogP contribution in [-0.4, -0.2) is 0 Å². The fourth-order valence-corrected chi connectivity index (χ4v) is 2.15. The van der Waals surface area contributed by atoms with Crippen molar-refractivity contribution in [3.63, 3.8) is 0 Å². The van der Waals surface area contributed by atoms with Crippen molar-refractivity contribution in [1.29, 1.82) is 0 Å². The van der Waals surface area contributed by atoms with E-state index >= 15 is 0 Å². The summed E-state index contributed by atoms with van der Waals surface area (Å²) in [6.07, 6.45) is 0. The van der Waals surface area contributed by atoms with Gasteiger partial charge in [-0.3, -0.25) is 0 Å². The molecule has 2 rings (SSSR count). The van der Waals surface area contributed by atoms with Gasteiger partial charge in [-0.25, -0.2) is 4.39 Å². The number of hydrogen-bond donors (Lipinski definition) is 1. The summed E-state index contributed by atoms with van der Waals surface area (Å²) in [4.78, 5) is 0. The zero-order valence-electron chi connectivity index (χ0n) is 9.91. The van der Waals surface area contributed by atoms with Crippen molar-refractivity contribution in [2.24, 2.45) is 0 Å². The highest BCUT2D eigenvalue weighted by Crippen LogP contribution is 2.25. The summed E-state index contributed by atoms with van der Waals surface area (Å²) in [5.41, 5.74) is 8.20. The first kappa shape index (κ1) is 12.9. The number of ether oxygens (including phenoxy) is 1. The fourth-order valence-electron chi connectivity index (χ4n) is 1.65. The Morgan fingerprint density at radius 2 is 2.06 bits per heavy atom. The lowest BCUT2D eigenvalue weighted by atomic mass is 10.2. The summed E-state index contributed by atoms with van der Waals surface area (Å²) in [7, 11) is 0. The Hall–Kier alpha value is -1.55. The van der Waals surface area contributed by atoms with E-state index in [4.69, 9.17) is 10.5 Å². The van der Waals surface area contributed by atoms with Gasteiger partial charge in [0.15, 0.2) is 0 Å². The maximum absolute atomic E-state index is 13.0. The van der Waals surface area contributed by atoms with Crippen LogP contribution < -0.4 is 10.5 Å². The van der Waals surface area contributed by atoms with Gasteiger partial charge in [-0.05, 0) is 42.8 Å². The molecule has 2 nitrogen and oxygen atoms in total. The molecule has 0 spiro atoms. The van der Waals surface area contributed by atoms with E-state index in [1.807, 2.05) is 25.1 Å². The normalized spacial score (nSPS) is 10.4. The summed E-state index contributed by atoms with van der Waals surface area (Å²) in [5.74, 6) is 0.395. The van der Waals surface area contributed by atoms with Gasteiger partial charge < -0.3 is 10.5 Å². The zero-order chi connectivity index (χ0) is 13.1. The number of nitrogens with two attached hydrogens (primary N) is 1. The lowest BCUT2D eigenvalue weighted by Gasteiger charge is -2.12. The summed E-state index contributed by atoms with van der Waals surface area (Å²) in [5, 5.41) is 0. The lowest BCUT2D eigenvalue weighted by Crippen LogP contribution is -2.02. The average molecular weight is 310 g/mol. The molecule has 0 aliphatic rings. The van der Waals surface area contributed by atoms with Gasteiger partial charge in [0.1, 0.15) is 18.2 Å². The summed E-state index contributed by atoms with van der Waals surface area (Å²) in [6.45, 7) is 2.15. The third-order valence-electron chi connectivity index (χ3n) is 2.66. The Bertz CT molecular complexity index is 551. The molecule has 0 fully saturated rings. The second-order valence-electron chi connectivity index (χ2n) is 4.01. The van der Waals surface area contributed by atoms with Crippen LogP contribution in [0.3, 0.4) is 0 Å². The first-order valence-corrected chi connectivity index (χ1v) is 6.29. The van der Waals surface area contributed by atoms with Gasteiger partial charge in [0.2, 0.25) is 0 Å². The van der Waals surface area contributed by atoms with Crippen molar-refractivity contribution in [2.45, 2.75) is 13.5 Å². The van der Waals surface area contributed by atoms with Gasteiger partial charge in [0, 0.05) is 15.7 Å². The molecule has 0 bridgehead atoms. The average Bonchev–Trinajstić information content (AvgIpc) is 2.31. The van der Waals surface area contributed by atoms with Crippen LogP contribution in [0.1, 0.15) is 11.1 Å². The Morgan fingerprint density at radius 1 is 1.28 bits per heavy atom. The molecule has 0 radical (unpaired) electrons. The van der Waals surface area contributed by atoms with Gasteiger partial charge in [-0.1, -0.05) is 22.0 Å². The third kappa shape index (κ3) is 2.82. The van der Waals surface area contributed by atoms with Crippen molar-refractivity contribution in [2.75, 3.05) is 5.73 Å². The molecule has 0 saturated carbocycles. The minimum atomic E-state index is -0.264. The van der Waals surface area contributed by atoms with Gasteiger partial charge in [0.05, 0.1) is 0 Å². The van der Waals surface area contributed by atoms with Crippen molar-refractivity contribution in [1.82, 2.24) is 0 Å². The van der Waals surface area contributed by atoms with Crippen molar-refractivity contribution in [3.05, 3.63) is 57.8 Å². The van der Waals surface area contributed by atoms with E-state index in [0.717, 1.165) is 15.6 Å². The number of benzene rings is 2. The SMILES string of the molecule is Cc1cc(F)ccc1OCc1c(N)cccc1Br. The molecule has 18 heavy (non-hydrogen) atoms. The van der Waals surface area contributed by atoms with Crippen LogP contribution in [0.25, 0.3) is 0 Å². The second-order valence-corrected chi connectivity index (χ2v) is 4.86. The number of halogens is 2. The van der Waals surface area contributed by atoms with E-state index in [2.05, 4.69) is 15.9 Å². The first-order valence-electron chi connectivity index (χ1n) is 5.50. The molecule has 94 valence electrons. The molecule has 2 N–H and O–H groups in total. The molecule has 0 saturated heterocycles. The maximum atomic E-state index is 13.0. The van der Waals surface area contributed by atoms with Crippen molar-refractivity contribution >= 4 is 21.6 Å². The van der Waals surface area contributed by atoms with Gasteiger partial charge in [0.25, 0.3) is 0 Å². The van der Waals surface area contributed by atoms with E-state index in [1.165, 1.54) is 12.1 Å². The number of nitrogen functional groups attached to an aromatic ring is 1. The standard InChI is InChI=1S/C14H13BrFNO/c1-9-7-10(16)5-6-14(9)18-8-11-12(15)3-2-4-13(11)17/h2-7H,8,17H2,1H3. The van der Waals surface area contributed by atoms with Crippen LogP contribution in [-0.2, 0) is 6.61 Å². The monoisotopic (exact) mass is 309 g/mol. The van der Waals surface area contributed by atoms with Crippen LogP contribution in [0.15, 0.2) is 40.9 Å². The molecular weight excluding hydrogens is 297 g/mol. The molecular formula is C14H13BrFNO. The van der Waals surface area contributed by atoms with Gasteiger partial charge in [-0.15, -0.1) is 0 Å². The number of anilines is 1. The molecule has 0 aliphatic carbocycles. The highest BCUT2D eigenvalue weighted by atomic mass is 79.9. The van der Waals surface area contributed by atoms with Gasteiger partial charge in [-0.2, -0.15) is 0 Å². The first-order chi connectivity index (χ1) is 8.58. The minimum absolute atomic E-state index is 0.264. The number of rotatable bonds is 3. The third-order valence-corrected chi connectivity index (χ3v) is 3.41. The zero-order valence-corrected chi connectivity index (χ0v) is 11.5. The minimum Gasteiger partial charge on any atom is -0.489 e. The maximum Gasteiger partial charge on any atom is 0.123 e. The van der Waals surface area contributed by atoms with E-state index in [0.29, 0.717) is 18.0 Å². The molecule has 2 aromatic rings. The summed E-state index contributed by atoms with van der Waals surface area (Å²) < 4.78 is 19.5. The number of aryl methyl sites for hydroxylation is 1. The smallest absolute Gasteiger partial charge is 0.123 e. The number of hydrogen-bond acceptors (Lipinski definition) is 2. The van der Waals surface area contributed by atoms with Crippen LogP contribution in [0, 0.1) is 12.7 Å². The Morgan fingerprint density at radius 3 is 2.72 bits per heavy atom. The summed E-state index contributed by atoms with van der Waals surface area (Å²) in [6, 6.07) is 10.0. The van der Waals surface area contributed by atoms with E-state index in [9.17, 15) is 4.39 Å². The Kier molecular flexibility index (Phi) is 3.87. The Balaban J connectivity index is 2.16. The van der Waals surface area contributed by atoms with Crippen LogP contribution >= 0.6 is 15.9 Å².